The highest BCUT2D eigenvalue weighted by Gasteiger charge is 2.24. The van der Waals surface area contributed by atoms with Crippen LogP contribution in [0.4, 0.5) is 0 Å². The number of rotatable bonds is 10. The first-order chi connectivity index (χ1) is 12.2. The van der Waals surface area contributed by atoms with Gasteiger partial charge in [0.15, 0.2) is 0 Å². The first-order valence-corrected chi connectivity index (χ1v) is 10.2. The maximum absolute atomic E-state index is 11.1. The molecular formula is C20H38N2O3. The van der Waals surface area contributed by atoms with E-state index in [2.05, 4.69) is 15.0 Å². The second-order valence-corrected chi connectivity index (χ2v) is 7.94. The number of nitrogens with one attached hydrogen (secondary N) is 1. The zero-order valence-corrected chi connectivity index (χ0v) is 16.3. The quantitative estimate of drug-likeness (QED) is 0.483. The Labute approximate surface area is 153 Å². The summed E-state index contributed by atoms with van der Waals surface area (Å²) < 4.78 is 10.8. The fourth-order valence-corrected chi connectivity index (χ4v) is 4.21. The van der Waals surface area contributed by atoms with E-state index < -0.39 is 0 Å². The fourth-order valence-electron chi connectivity index (χ4n) is 4.21. The summed E-state index contributed by atoms with van der Waals surface area (Å²) in [4.78, 5) is 13.3. The summed E-state index contributed by atoms with van der Waals surface area (Å²) in [5.41, 5.74) is 0. The van der Waals surface area contributed by atoms with Gasteiger partial charge >= 0.3 is 5.97 Å². The predicted molar refractivity (Wildman–Crippen MR) is 101 cm³/mol. The molecule has 5 nitrogen and oxygen atoms in total. The van der Waals surface area contributed by atoms with E-state index in [1.54, 1.807) is 0 Å². The van der Waals surface area contributed by atoms with Crippen molar-refractivity contribution in [2.24, 2.45) is 11.8 Å². The molecule has 1 atom stereocenters. The van der Waals surface area contributed by atoms with Crippen molar-refractivity contribution in [3.8, 4) is 0 Å². The highest BCUT2D eigenvalue weighted by Crippen LogP contribution is 2.32. The van der Waals surface area contributed by atoms with Crippen molar-refractivity contribution in [3.63, 3.8) is 0 Å². The third-order valence-electron chi connectivity index (χ3n) is 5.82. The molecule has 1 saturated heterocycles. The van der Waals surface area contributed by atoms with E-state index in [1.165, 1.54) is 65.1 Å². The molecule has 1 aliphatic carbocycles. The highest BCUT2D eigenvalue weighted by atomic mass is 16.5. The third-order valence-corrected chi connectivity index (χ3v) is 5.82. The maximum atomic E-state index is 11.1. The molecule has 1 heterocycles. The van der Waals surface area contributed by atoms with E-state index in [9.17, 15) is 4.79 Å². The molecule has 0 amide bonds. The van der Waals surface area contributed by atoms with Gasteiger partial charge in [-0.25, -0.2) is 0 Å². The minimum Gasteiger partial charge on any atom is -0.469 e. The molecule has 1 aliphatic heterocycles. The van der Waals surface area contributed by atoms with Crippen molar-refractivity contribution in [1.29, 1.82) is 0 Å². The summed E-state index contributed by atoms with van der Waals surface area (Å²) in [6.45, 7) is 5.02. The van der Waals surface area contributed by atoms with Crippen molar-refractivity contribution < 1.29 is 14.3 Å². The van der Waals surface area contributed by atoms with Gasteiger partial charge in [-0.15, -0.1) is 0 Å². The molecule has 1 unspecified atom stereocenters. The second-order valence-electron chi connectivity index (χ2n) is 7.94. The van der Waals surface area contributed by atoms with Crippen molar-refractivity contribution in [2.45, 2.75) is 63.9 Å². The molecule has 2 aliphatic rings. The van der Waals surface area contributed by atoms with Crippen molar-refractivity contribution >= 4 is 5.97 Å². The smallest absolute Gasteiger partial charge is 0.306 e. The van der Waals surface area contributed by atoms with Gasteiger partial charge in [0.1, 0.15) is 0 Å². The van der Waals surface area contributed by atoms with Gasteiger partial charge in [-0.1, -0.05) is 0 Å². The van der Waals surface area contributed by atoms with E-state index in [-0.39, 0.29) is 5.97 Å². The molecule has 0 spiro atoms. The molecule has 1 saturated carbocycles. The van der Waals surface area contributed by atoms with Gasteiger partial charge in [-0.2, -0.15) is 0 Å². The van der Waals surface area contributed by atoms with Gasteiger partial charge in [-0.05, 0) is 83.3 Å². The Morgan fingerprint density at radius 1 is 1.12 bits per heavy atom. The van der Waals surface area contributed by atoms with E-state index in [0.717, 1.165) is 38.0 Å². The molecule has 2 rings (SSSR count). The lowest BCUT2D eigenvalue weighted by atomic mass is 9.80. The average molecular weight is 355 g/mol. The molecular weight excluding hydrogens is 316 g/mol. The van der Waals surface area contributed by atoms with E-state index >= 15 is 0 Å². The Bertz CT molecular complexity index is 364. The molecule has 0 aromatic rings. The van der Waals surface area contributed by atoms with Crippen LogP contribution in [0.5, 0.6) is 0 Å². The lowest BCUT2D eigenvalue weighted by Gasteiger charge is -2.32. The highest BCUT2D eigenvalue weighted by molar-refractivity contribution is 5.69. The van der Waals surface area contributed by atoms with Crippen LogP contribution >= 0.6 is 0 Å². The van der Waals surface area contributed by atoms with Crippen LogP contribution in [0.15, 0.2) is 0 Å². The molecule has 0 aromatic heterocycles. The Hall–Kier alpha value is -0.650. The van der Waals surface area contributed by atoms with Crippen LogP contribution in [-0.2, 0) is 14.3 Å². The Morgan fingerprint density at radius 2 is 1.92 bits per heavy atom. The monoisotopic (exact) mass is 354 g/mol. The first-order valence-electron chi connectivity index (χ1n) is 10.2. The molecule has 5 heteroatoms. The zero-order chi connectivity index (χ0) is 17.9. The minimum atomic E-state index is -0.135. The Balaban J connectivity index is 1.47. The third kappa shape index (κ3) is 8.52. The van der Waals surface area contributed by atoms with E-state index in [1.807, 2.05) is 7.05 Å². The molecule has 0 radical (unpaired) electrons. The summed E-state index contributed by atoms with van der Waals surface area (Å²) in [6.07, 6.45) is 11.3. The van der Waals surface area contributed by atoms with Gasteiger partial charge in [0.25, 0.3) is 0 Å². The number of methoxy groups -OCH3 is 1. The lowest BCUT2D eigenvalue weighted by Crippen LogP contribution is -2.32. The minimum absolute atomic E-state index is 0.135. The largest absolute Gasteiger partial charge is 0.469 e. The Morgan fingerprint density at radius 3 is 2.60 bits per heavy atom. The Kier molecular flexibility index (Phi) is 9.81. The van der Waals surface area contributed by atoms with E-state index in [0.29, 0.717) is 12.5 Å². The van der Waals surface area contributed by atoms with Crippen molar-refractivity contribution in [2.75, 3.05) is 46.9 Å². The summed E-state index contributed by atoms with van der Waals surface area (Å²) in [6, 6.07) is 0. The molecule has 146 valence electrons. The van der Waals surface area contributed by atoms with Gasteiger partial charge < -0.3 is 19.7 Å². The summed E-state index contributed by atoms with van der Waals surface area (Å²) in [5.74, 6) is 1.70. The number of carbonyl (C=O) groups is 1. The number of hydrogen-bond acceptors (Lipinski definition) is 5. The SMILES string of the molecule is COC(=O)CCN(C)CCCOC1CCC(CC2CCCNC2)CC1. The predicted octanol–water partition coefficient (Wildman–Crippen LogP) is 2.84. The van der Waals surface area contributed by atoms with Crippen molar-refractivity contribution in [3.05, 3.63) is 0 Å². The second kappa shape index (κ2) is 11.9. The van der Waals surface area contributed by atoms with Crippen LogP contribution in [0.25, 0.3) is 0 Å². The summed E-state index contributed by atoms with van der Waals surface area (Å²) in [7, 11) is 3.49. The number of hydrogen-bond donors (Lipinski definition) is 1. The molecule has 1 N–H and O–H groups in total. The van der Waals surface area contributed by atoms with Crippen LogP contribution in [0.1, 0.15) is 57.8 Å². The standard InChI is InChI=1S/C20H38N2O3/c1-22(13-10-20(23)24-2)12-4-14-25-19-8-6-17(7-9-19)15-18-5-3-11-21-16-18/h17-19,21H,3-16H2,1-2H3. The van der Waals surface area contributed by atoms with Crippen LogP contribution in [0.2, 0.25) is 0 Å². The van der Waals surface area contributed by atoms with Gasteiger partial charge in [0.2, 0.25) is 0 Å². The molecule has 25 heavy (non-hydrogen) atoms. The topological polar surface area (TPSA) is 50.8 Å². The van der Waals surface area contributed by atoms with E-state index in [4.69, 9.17) is 4.74 Å². The molecule has 2 fully saturated rings. The normalized spacial score (nSPS) is 27.4. The molecule has 0 aromatic carbocycles. The number of ether oxygens (including phenoxy) is 2. The van der Waals surface area contributed by atoms with Gasteiger partial charge in [-0.3, -0.25) is 4.79 Å². The fraction of sp³-hybridized carbons (Fsp3) is 0.950. The van der Waals surface area contributed by atoms with Crippen LogP contribution in [-0.4, -0.2) is 63.9 Å². The number of nitrogens with zero attached hydrogens (tertiary/aromatic N) is 1. The molecule has 0 bridgehead atoms. The first kappa shape index (κ1) is 20.7. The summed E-state index contributed by atoms with van der Waals surface area (Å²) >= 11 is 0. The van der Waals surface area contributed by atoms with Gasteiger partial charge in [0, 0.05) is 19.7 Å². The number of piperidine rings is 1. The van der Waals surface area contributed by atoms with Crippen LogP contribution < -0.4 is 5.32 Å². The van der Waals surface area contributed by atoms with Gasteiger partial charge in [0.05, 0.1) is 19.6 Å². The zero-order valence-electron chi connectivity index (χ0n) is 16.3. The number of esters is 1. The maximum Gasteiger partial charge on any atom is 0.306 e. The number of carbonyl (C=O) groups excluding carboxylic acids is 1. The summed E-state index contributed by atoms with van der Waals surface area (Å²) in [5, 5.41) is 3.54. The lowest BCUT2D eigenvalue weighted by molar-refractivity contribution is -0.140. The van der Waals surface area contributed by atoms with Crippen LogP contribution in [0.3, 0.4) is 0 Å². The van der Waals surface area contributed by atoms with Crippen molar-refractivity contribution in [1.82, 2.24) is 10.2 Å². The van der Waals surface area contributed by atoms with Crippen LogP contribution in [0, 0.1) is 11.8 Å². The average Bonchev–Trinajstić information content (AvgIpc) is 2.65.